The number of terminal acetylenes is 1. The van der Waals surface area contributed by atoms with Crippen LogP contribution in [-0.2, 0) is 10.4 Å². The van der Waals surface area contributed by atoms with Crippen molar-refractivity contribution in [3.05, 3.63) is 16.1 Å². The van der Waals surface area contributed by atoms with Gasteiger partial charge in [0.15, 0.2) is 5.60 Å². The SMILES string of the molecule is C#CC(O)(CC=O)c1ncc(C)s1. The van der Waals surface area contributed by atoms with Gasteiger partial charge in [-0.2, -0.15) is 0 Å². The van der Waals surface area contributed by atoms with Gasteiger partial charge < -0.3 is 9.90 Å². The molecule has 0 fully saturated rings. The molecule has 0 bridgehead atoms. The normalized spacial score (nSPS) is 14.5. The van der Waals surface area contributed by atoms with Crippen LogP contribution in [-0.4, -0.2) is 16.4 Å². The molecule has 1 aromatic heterocycles. The van der Waals surface area contributed by atoms with Gasteiger partial charge in [0, 0.05) is 11.1 Å². The molecule has 0 aromatic carbocycles. The Morgan fingerprint density at radius 1 is 1.92 bits per heavy atom. The van der Waals surface area contributed by atoms with Crippen LogP contribution in [0.15, 0.2) is 6.20 Å². The van der Waals surface area contributed by atoms with Gasteiger partial charge in [0.1, 0.15) is 11.3 Å². The van der Waals surface area contributed by atoms with Gasteiger partial charge in [-0.3, -0.25) is 0 Å². The second-order valence-electron chi connectivity index (χ2n) is 2.65. The summed E-state index contributed by atoms with van der Waals surface area (Å²) in [4.78, 5) is 15.2. The predicted molar refractivity (Wildman–Crippen MR) is 50.3 cm³/mol. The lowest BCUT2D eigenvalue weighted by Gasteiger charge is -2.15. The molecule has 0 saturated carbocycles. The van der Waals surface area contributed by atoms with E-state index in [9.17, 15) is 9.90 Å². The number of aryl methyl sites for hydroxylation is 1. The van der Waals surface area contributed by atoms with Crippen molar-refractivity contribution in [2.45, 2.75) is 18.9 Å². The van der Waals surface area contributed by atoms with Crippen LogP contribution < -0.4 is 0 Å². The molecule has 0 saturated heterocycles. The molecule has 0 amide bonds. The van der Waals surface area contributed by atoms with Crippen LogP contribution >= 0.6 is 11.3 Å². The maximum Gasteiger partial charge on any atom is 0.183 e. The van der Waals surface area contributed by atoms with Crippen molar-refractivity contribution in [3.8, 4) is 12.3 Å². The smallest absolute Gasteiger partial charge is 0.183 e. The topological polar surface area (TPSA) is 50.2 Å². The van der Waals surface area contributed by atoms with Crippen molar-refractivity contribution >= 4 is 17.6 Å². The zero-order valence-electron chi connectivity index (χ0n) is 7.15. The molecule has 1 heterocycles. The summed E-state index contributed by atoms with van der Waals surface area (Å²) in [6, 6.07) is 0. The fraction of sp³-hybridized carbons (Fsp3) is 0.333. The highest BCUT2D eigenvalue weighted by Crippen LogP contribution is 2.27. The minimum absolute atomic E-state index is 0.115. The lowest BCUT2D eigenvalue weighted by molar-refractivity contribution is -0.110. The molecule has 1 atom stereocenters. The van der Waals surface area contributed by atoms with E-state index in [0.29, 0.717) is 11.3 Å². The number of carbonyl (C=O) groups excluding carboxylic acids is 1. The summed E-state index contributed by atoms with van der Waals surface area (Å²) >= 11 is 1.30. The third-order valence-corrected chi connectivity index (χ3v) is 2.66. The number of aliphatic hydroxyl groups is 1. The second kappa shape index (κ2) is 3.69. The Kier molecular flexibility index (Phi) is 2.81. The van der Waals surface area contributed by atoms with E-state index in [0.717, 1.165) is 4.88 Å². The number of aromatic nitrogens is 1. The second-order valence-corrected chi connectivity index (χ2v) is 3.89. The quantitative estimate of drug-likeness (QED) is 0.575. The Labute approximate surface area is 80.4 Å². The zero-order chi connectivity index (χ0) is 9.90. The van der Waals surface area contributed by atoms with Crippen LogP contribution in [0.25, 0.3) is 0 Å². The molecule has 0 aliphatic rings. The molecule has 4 heteroatoms. The van der Waals surface area contributed by atoms with E-state index < -0.39 is 5.60 Å². The average Bonchev–Trinajstić information content (AvgIpc) is 2.52. The first-order valence-corrected chi connectivity index (χ1v) is 4.51. The largest absolute Gasteiger partial charge is 0.371 e. The molecule has 0 spiro atoms. The Hall–Kier alpha value is -1.18. The van der Waals surface area contributed by atoms with E-state index in [4.69, 9.17) is 6.42 Å². The van der Waals surface area contributed by atoms with E-state index in [1.807, 2.05) is 6.92 Å². The molecule has 68 valence electrons. The van der Waals surface area contributed by atoms with E-state index in [2.05, 4.69) is 10.9 Å². The van der Waals surface area contributed by atoms with Crippen molar-refractivity contribution in [1.29, 1.82) is 0 Å². The van der Waals surface area contributed by atoms with Crippen molar-refractivity contribution in [2.24, 2.45) is 0 Å². The molecular formula is C9H9NO2S. The molecule has 3 nitrogen and oxygen atoms in total. The van der Waals surface area contributed by atoms with Crippen LogP contribution in [0.4, 0.5) is 0 Å². The van der Waals surface area contributed by atoms with Crippen LogP contribution in [0.2, 0.25) is 0 Å². The Bertz CT molecular complexity index is 353. The number of carbonyl (C=O) groups is 1. The summed E-state index contributed by atoms with van der Waals surface area (Å²) in [5.74, 6) is 2.18. The van der Waals surface area contributed by atoms with Crippen molar-refractivity contribution in [1.82, 2.24) is 4.98 Å². The van der Waals surface area contributed by atoms with Gasteiger partial charge in [0.2, 0.25) is 0 Å². The minimum atomic E-state index is -1.53. The first kappa shape index (κ1) is 9.90. The van der Waals surface area contributed by atoms with Crippen LogP contribution in [0.3, 0.4) is 0 Å². The highest BCUT2D eigenvalue weighted by atomic mass is 32.1. The van der Waals surface area contributed by atoms with Crippen molar-refractivity contribution in [2.75, 3.05) is 0 Å². The molecule has 1 rings (SSSR count). The number of nitrogens with zero attached hydrogens (tertiary/aromatic N) is 1. The van der Waals surface area contributed by atoms with Gasteiger partial charge >= 0.3 is 0 Å². The van der Waals surface area contributed by atoms with E-state index in [1.54, 1.807) is 6.20 Å². The highest BCUT2D eigenvalue weighted by Gasteiger charge is 2.29. The summed E-state index contributed by atoms with van der Waals surface area (Å²) in [5.41, 5.74) is -1.53. The van der Waals surface area contributed by atoms with E-state index in [1.165, 1.54) is 11.3 Å². The highest BCUT2D eigenvalue weighted by molar-refractivity contribution is 7.11. The minimum Gasteiger partial charge on any atom is -0.371 e. The van der Waals surface area contributed by atoms with Crippen LogP contribution in [0, 0.1) is 19.3 Å². The number of rotatable bonds is 3. The maximum atomic E-state index is 10.3. The lowest BCUT2D eigenvalue weighted by atomic mass is 10.0. The molecule has 0 aliphatic carbocycles. The molecule has 0 radical (unpaired) electrons. The van der Waals surface area contributed by atoms with Gasteiger partial charge in [0.25, 0.3) is 0 Å². The summed E-state index contributed by atoms with van der Waals surface area (Å²) in [7, 11) is 0. The van der Waals surface area contributed by atoms with Gasteiger partial charge in [-0.05, 0) is 6.92 Å². The van der Waals surface area contributed by atoms with E-state index in [-0.39, 0.29) is 6.42 Å². The molecular weight excluding hydrogens is 186 g/mol. The molecule has 1 unspecified atom stereocenters. The number of aldehydes is 1. The number of hydrogen-bond acceptors (Lipinski definition) is 4. The summed E-state index contributed by atoms with van der Waals surface area (Å²) in [5, 5.41) is 10.2. The third kappa shape index (κ3) is 1.94. The van der Waals surface area contributed by atoms with Gasteiger partial charge in [-0.15, -0.1) is 17.8 Å². The first-order valence-electron chi connectivity index (χ1n) is 3.69. The monoisotopic (exact) mass is 195 g/mol. The fourth-order valence-corrected chi connectivity index (χ4v) is 1.70. The van der Waals surface area contributed by atoms with Crippen LogP contribution in [0.5, 0.6) is 0 Å². The summed E-state index contributed by atoms with van der Waals surface area (Å²) in [6.07, 6.45) is 7.24. The number of hydrogen-bond donors (Lipinski definition) is 1. The maximum absolute atomic E-state index is 10.3. The third-order valence-electron chi connectivity index (χ3n) is 1.59. The van der Waals surface area contributed by atoms with Gasteiger partial charge in [0.05, 0.1) is 6.42 Å². The fourth-order valence-electron chi connectivity index (χ4n) is 0.875. The predicted octanol–water partition coefficient (Wildman–Crippen LogP) is 0.861. The molecule has 1 N–H and O–H groups in total. The standard InChI is InChI=1S/C9H9NO2S/c1-3-9(12,4-5-11)8-10-6-7(2)13-8/h1,5-6,12H,4H2,2H3. The Morgan fingerprint density at radius 2 is 2.62 bits per heavy atom. The van der Waals surface area contributed by atoms with E-state index >= 15 is 0 Å². The lowest BCUT2D eigenvalue weighted by Crippen LogP contribution is -2.23. The number of thiazole rings is 1. The van der Waals surface area contributed by atoms with Crippen LogP contribution in [0.1, 0.15) is 16.3 Å². The summed E-state index contributed by atoms with van der Waals surface area (Å²) in [6.45, 7) is 1.86. The molecule has 1 aromatic rings. The first-order chi connectivity index (χ1) is 6.12. The average molecular weight is 195 g/mol. The zero-order valence-corrected chi connectivity index (χ0v) is 7.97. The Morgan fingerprint density at radius 3 is 3.00 bits per heavy atom. The molecule has 0 aliphatic heterocycles. The van der Waals surface area contributed by atoms with Gasteiger partial charge in [-0.1, -0.05) is 5.92 Å². The summed E-state index contributed by atoms with van der Waals surface area (Å²) < 4.78 is 0. The van der Waals surface area contributed by atoms with Crippen molar-refractivity contribution in [3.63, 3.8) is 0 Å². The van der Waals surface area contributed by atoms with Crippen molar-refractivity contribution < 1.29 is 9.90 Å². The van der Waals surface area contributed by atoms with Gasteiger partial charge in [-0.25, -0.2) is 4.98 Å². The molecule has 13 heavy (non-hydrogen) atoms. The Balaban J connectivity index is 3.03.